The predicted octanol–water partition coefficient (Wildman–Crippen LogP) is 4.68. The van der Waals surface area contributed by atoms with Gasteiger partial charge in [-0.1, -0.05) is 43.6 Å². The third-order valence-corrected chi connectivity index (χ3v) is 5.99. The zero-order valence-corrected chi connectivity index (χ0v) is 18.5. The molecule has 0 aliphatic heterocycles. The average molecular weight is 415 g/mol. The number of benzene rings is 1. The number of hydrogen-bond donors (Lipinski definition) is 4. The number of aryl methyl sites for hydroxylation is 1. The van der Waals surface area contributed by atoms with E-state index in [0.717, 1.165) is 49.7 Å². The predicted molar refractivity (Wildman–Crippen MR) is 123 cm³/mol. The minimum absolute atomic E-state index is 0.0252. The largest absolute Gasteiger partial charge is 0.507 e. The van der Waals surface area contributed by atoms with Gasteiger partial charge < -0.3 is 21.3 Å². The number of phenols is 2. The van der Waals surface area contributed by atoms with Gasteiger partial charge >= 0.3 is 0 Å². The Hall–Kier alpha value is -2.27. The van der Waals surface area contributed by atoms with E-state index in [2.05, 4.69) is 31.8 Å². The van der Waals surface area contributed by atoms with E-state index in [4.69, 9.17) is 5.73 Å². The van der Waals surface area contributed by atoms with Gasteiger partial charge in [-0.05, 0) is 69.2 Å². The molecule has 0 fully saturated rings. The molecule has 1 aliphatic carbocycles. The Morgan fingerprint density at radius 3 is 2.57 bits per heavy atom. The van der Waals surface area contributed by atoms with Crippen LogP contribution >= 0.6 is 0 Å². The zero-order chi connectivity index (χ0) is 22.1. The van der Waals surface area contributed by atoms with E-state index in [1.165, 1.54) is 5.57 Å². The second kappa shape index (κ2) is 11.8. The molecule has 0 aromatic heterocycles. The Kier molecular flexibility index (Phi) is 9.44. The van der Waals surface area contributed by atoms with Crippen molar-refractivity contribution in [2.75, 3.05) is 13.1 Å². The molecule has 0 spiro atoms. The minimum Gasteiger partial charge on any atom is -0.507 e. The quantitative estimate of drug-likeness (QED) is 0.312. The Morgan fingerprint density at radius 2 is 1.93 bits per heavy atom. The number of allylic oxidation sites excluding steroid dienone is 2. The summed E-state index contributed by atoms with van der Waals surface area (Å²) in [7, 11) is 0. The lowest BCUT2D eigenvalue weighted by Crippen LogP contribution is -2.30. The smallest absolute Gasteiger partial charge is 0.220 e. The fourth-order valence-corrected chi connectivity index (χ4v) is 4.25. The monoisotopic (exact) mass is 414 g/mol. The Bertz CT molecular complexity index is 747. The third kappa shape index (κ3) is 6.63. The summed E-state index contributed by atoms with van der Waals surface area (Å²) in [5.41, 5.74) is 9.14. The number of hydrogen-bond acceptors (Lipinski definition) is 4. The van der Waals surface area contributed by atoms with Crippen LogP contribution in [0.4, 0.5) is 0 Å². The van der Waals surface area contributed by atoms with Gasteiger partial charge in [-0.2, -0.15) is 0 Å². The summed E-state index contributed by atoms with van der Waals surface area (Å²) in [5, 5.41) is 24.5. The molecule has 166 valence electrons. The maximum absolute atomic E-state index is 11.9. The number of carbonyl (C=O) groups excluding carboxylic acids is 1. The molecule has 1 aromatic rings. The summed E-state index contributed by atoms with van der Waals surface area (Å²) >= 11 is 0. The molecule has 1 amide bonds. The topological polar surface area (TPSA) is 95.6 Å². The minimum atomic E-state index is -0.156. The summed E-state index contributed by atoms with van der Waals surface area (Å²) in [4.78, 5) is 11.9. The van der Waals surface area contributed by atoms with Crippen LogP contribution in [0.25, 0.3) is 0 Å². The summed E-state index contributed by atoms with van der Waals surface area (Å²) < 4.78 is 0. The highest BCUT2D eigenvalue weighted by Crippen LogP contribution is 2.46. The van der Waals surface area contributed by atoms with E-state index in [9.17, 15) is 15.0 Å². The number of nitrogens with one attached hydrogen (secondary N) is 1. The molecule has 1 aromatic carbocycles. The molecule has 1 aliphatic rings. The first kappa shape index (κ1) is 24.0. The highest BCUT2D eigenvalue weighted by molar-refractivity contribution is 5.76. The van der Waals surface area contributed by atoms with Crippen LogP contribution in [0.15, 0.2) is 35.9 Å². The van der Waals surface area contributed by atoms with Gasteiger partial charge in [0.2, 0.25) is 5.91 Å². The van der Waals surface area contributed by atoms with Gasteiger partial charge in [-0.25, -0.2) is 0 Å². The van der Waals surface area contributed by atoms with Crippen LogP contribution in [0.2, 0.25) is 0 Å². The fourth-order valence-electron chi connectivity index (χ4n) is 4.25. The van der Waals surface area contributed by atoms with Crippen LogP contribution < -0.4 is 11.1 Å². The summed E-state index contributed by atoms with van der Waals surface area (Å²) in [6.45, 7) is 9.35. The van der Waals surface area contributed by atoms with Gasteiger partial charge in [0.1, 0.15) is 11.5 Å². The van der Waals surface area contributed by atoms with Crippen molar-refractivity contribution in [1.82, 2.24) is 5.32 Å². The molecule has 5 N–H and O–H groups in total. The third-order valence-electron chi connectivity index (χ3n) is 5.99. The van der Waals surface area contributed by atoms with Crippen LogP contribution in [0.3, 0.4) is 0 Å². The van der Waals surface area contributed by atoms with Crippen molar-refractivity contribution in [2.45, 2.75) is 71.1 Å². The maximum atomic E-state index is 11.9. The Balaban J connectivity index is 2.18. The molecule has 0 radical (unpaired) electrons. The van der Waals surface area contributed by atoms with E-state index >= 15 is 0 Å². The van der Waals surface area contributed by atoms with Crippen LogP contribution in [0, 0.1) is 5.92 Å². The molecule has 5 heteroatoms. The van der Waals surface area contributed by atoms with Gasteiger partial charge in [0.05, 0.1) is 0 Å². The van der Waals surface area contributed by atoms with Gasteiger partial charge in [0, 0.05) is 24.4 Å². The first-order valence-electron chi connectivity index (χ1n) is 11.2. The van der Waals surface area contributed by atoms with Crippen molar-refractivity contribution < 1.29 is 15.0 Å². The van der Waals surface area contributed by atoms with Crippen LogP contribution in [-0.4, -0.2) is 29.2 Å². The number of nitrogens with two attached hydrogens (primary N) is 1. The fraction of sp³-hybridized carbons (Fsp3) is 0.560. The van der Waals surface area contributed by atoms with Crippen LogP contribution in [0.1, 0.15) is 75.8 Å². The highest BCUT2D eigenvalue weighted by atomic mass is 16.3. The second-order valence-electron chi connectivity index (χ2n) is 8.52. The number of unbranched alkanes of at least 4 members (excludes halogenated alkanes) is 2. The molecule has 0 heterocycles. The lowest BCUT2D eigenvalue weighted by molar-refractivity contribution is -0.121. The second-order valence-corrected chi connectivity index (χ2v) is 8.52. The molecule has 0 unspecified atom stereocenters. The SMILES string of the molecule is C=C(CNC(=O)CCCN)[C@@H]1CCC(C)=C[C@H]1c1c(O)cc(CCCCC)cc1O. The average Bonchev–Trinajstić information content (AvgIpc) is 2.70. The van der Waals surface area contributed by atoms with Crippen molar-refractivity contribution in [1.29, 1.82) is 0 Å². The summed E-state index contributed by atoms with van der Waals surface area (Å²) in [5.74, 6) is 0.149. The highest BCUT2D eigenvalue weighted by Gasteiger charge is 2.31. The molecule has 30 heavy (non-hydrogen) atoms. The van der Waals surface area contributed by atoms with E-state index in [-0.39, 0.29) is 29.2 Å². The number of carbonyl (C=O) groups is 1. The van der Waals surface area contributed by atoms with Gasteiger partial charge in [0.25, 0.3) is 0 Å². The summed E-state index contributed by atoms with van der Waals surface area (Å²) in [6.07, 6.45) is 9.18. The van der Waals surface area contributed by atoms with Crippen molar-refractivity contribution in [2.24, 2.45) is 11.7 Å². The van der Waals surface area contributed by atoms with Crippen LogP contribution in [-0.2, 0) is 11.2 Å². The number of rotatable bonds is 11. The number of amides is 1. The molecule has 0 saturated carbocycles. The van der Waals surface area contributed by atoms with Gasteiger partial charge in [0.15, 0.2) is 0 Å². The van der Waals surface area contributed by atoms with E-state index in [0.29, 0.717) is 31.5 Å². The molecule has 2 rings (SSSR count). The molecule has 2 atom stereocenters. The van der Waals surface area contributed by atoms with Crippen molar-refractivity contribution in [3.63, 3.8) is 0 Å². The van der Waals surface area contributed by atoms with E-state index in [1.807, 2.05) is 0 Å². The van der Waals surface area contributed by atoms with Crippen molar-refractivity contribution in [3.05, 3.63) is 47.1 Å². The lowest BCUT2D eigenvalue weighted by atomic mass is 9.73. The normalized spacial score (nSPS) is 18.7. The summed E-state index contributed by atoms with van der Waals surface area (Å²) in [6, 6.07) is 3.58. The number of phenolic OH excluding ortho intramolecular Hbond substituents is 2. The van der Waals surface area contributed by atoms with Crippen LogP contribution in [0.5, 0.6) is 11.5 Å². The van der Waals surface area contributed by atoms with E-state index < -0.39 is 0 Å². The molecular weight excluding hydrogens is 376 g/mol. The Morgan fingerprint density at radius 1 is 1.23 bits per heavy atom. The first-order valence-corrected chi connectivity index (χ1v) is 11.2. The molecular formula is C25H38N2O3. The van der Waals surface area contributed by atoms with Gasteiger partial charge in [-0.15, -0.1) is 0 Å². The maximum Gasteiger partial charge on any atom is 0.220 e. The molecule has 5 nitrogen and oxygen atoms in total. The van der Waals surface area contributed by atoms with Crippen molar-refractivity contribution >= 4 is 5.91 Å². The molecule has 0 saturated heterocycles. The zero-order valence-electron chi connectivity index (χ0n) is 18.5. The van der Waals surface area contributed by atoms with Gasteiger partial charge in [-0.3, -0.25) is 4.79 Å². The number of aromatic hydroxyl groups is 2. The standard InChI is InChI=1S/C25H38N2O3/c1-4-5-6-8-19-14-22(28)25(23(29)15-19)21-13-17(2)10-11-20(21)18(3)16-27-24(30)9-7-12-26/h13-15,20-21,28-29H,3-12,16,26H2,1-2H3,(H,27,30)/t20-,21+/m0/s1. The Labute approximate surface area is 181 Å². The van der Waals surface area contributed by atoms with E-state index in [1.54, 1.807) is 12.1 Å². The molecule has 0 bridgehead atoms. The first-order chi connectivity index (χ1) is 14.4. The lowest BCUT2D eigenvalue weighted by Gasteiger charge is -2.32. The van der Waals surface area contributed by atoms with Crippen molar-refractivity contribution in [3.8, 4) is 11.5 Å².